The molecular formula is C17H19NOS2. The van der Waals surface area contributed by atoms with Crippen molar-refractivity contribution in [2.45, 2.75) is 16.9 Å². The van der Waals surface area contributed by atoms with Crippen LogP contribution in [0.15, 0.2) is 60.7 Å². The summed E-state index contributed by atoms with van der Waals surface area (Å²) in [6, 6.07) is 19.7. The number of carbonyl (C=O) groups excluding carboxylic acids is 1. The van der Waals surface area contributed by atoms with E-state index in [0.29, 0.717) is 12.8 Å². The standard InChI is InChI=1S/C17H19NOS2/c18-16(19)15(11-13-7-3-1-4-8-13)17(20,21)12-14-9-5-2-6-10-14/h1-10,15,20-21H,11-12H2,(H2,18,19). The van der Waals surface area contributed by atoms with E-state index in [9.17, 15) is 4.79 Å². The highest BCUT2D eigenvalue weighted by atomic mass is 32.2. The van der Waals surface area contributed by atoms with Gasteiger partial charge in [-0.25, -0.2) is 0 Å². The topological polar surface area (TPSA) is 43.1 Å². The van der Waals surface area contributed by atoms with Gasteiger partial charge < -0.3 is 5.73 Å². The number of benzene rings is 2. The molecule has 0 fully saturated rings. The van der Waals surface area contributed by atoms with E-state index in [0.717, 1.165) is 11.1 Å². The summed E-state index contributed by atoms with van der Waals surface area (Å²) in [6.07, 6.45) is 1.11. The van der Waals surface area contributed by atoms with Gasteiger partial charge >= 0.3 is 0 Å². The Bertz CT molecular complexity index is 584. The molecule has 2 aromatic carbocycles. The van der Waals surface area contributed by atoms with Crippen molar-refractivity contribution in [3.63, 3.8) is 0 Å². The second kappa shape index (κ2) is 7.05. The number of carbonyl (C=O) groups is 1. The minimum Gasteiger partial charge on any atom is -0.369 e. The quantitative estimate of drug-likeness (QED) is 0.556. The largest absolute Gasteiger partial charge is 0.369 e. The van der Waals surface area contributed by atoms with Gasteiger partial charge in [0.2, 0.25) is 5.91 Å². The number of hydrogen-bond acceptors (Lipinski definition) is 3. The lowest BCUT2D eigenvalue weighted by molar-refractivity contribution is -0.122. The van der Waals surface area contributed by atoms with Gasteiger partial charge in [-0.05, 0) is 24.0 Å². The molecule has 0 aromatic heterocycles. The number of amides is 1. The van der Waals surface area contributed by atoms with E-state index in [-0.39, 0.29) is 5.91 Å². The van der Waals surface area contributed by atoms with Crippen molar-refractivity contribution < 1.29 is 4.79 Å². The first-order valence-corrected chi connectivity index (χ1v) is 7.70. The summed E-state index contributed by atoms with van der Waals surface area (Å²) in [7, 11) is 0. The predicted molar refractivity (Wildman–Crippen MR) is 93.7 cm³/mol. The normalized spacial score (nSPS) is 12.9. The maximum Gasteiger partial charge on any atom is 0.223 e. The third kappa shape index (κ3) is 4.55. The summed E-state index contributed by atoms with van der Waals surface area (Å²) in [5.74, 6) is -0.827. The Kier molecular flexibility index (Phi) is 5.37. The van der Waals surface area contributed by atoms with Gasteiger partial charge in [-0.1, -0.05) is 60.7 Å². The summed E-state index contributed by atoms with van der Waals surface area (Å²) >= 11 is 9.25. The third-order valence-corrected chi connectivity index (χ3v) is 4.43. The van der Waals surface area contributed by atoms with Crippen LogP contribution in [0, 0.1) is 5.92 Å². The monoisotopic (exact) mass is 317 g/mol. The van der Waals surface area contributed by atoms with Crippen molar-refractivity contribution in [2.75, 3.05) is 0 Å². The Balaban J connectivity index is 2.18. The molecular weight excluding hydrogens is 298 g/mol. The number of hydrogen-bond donors (Lipinski definition) is 3. The third-order valence-electron chi connectivity index (χ3n) is 3.49. The minimum absolute atomic E-state index is 0.375. The molecule has 21 heavy (non-hydrogen) atoms. The SMILES string of the molecule is NC(=O)C(Cc1ccccc1)C(S)(S)Cc1ccccc1. The maximum absolute atomic E-state index is 11.9. The Morgan fingerprint density at radius 2 is 1.43 bits per heavy atom. The van der Waals surface area contributed by atoms with E-state index in [1.54, 1.807) is 0 Å². The molecule has 0 aliphatic carbocycles. The zero-order valence-electron chi connectivity index (χ0n) is 11.6. The van der Waals surface area contributed by atoms with Gasteiger partial charge in [0, 0.05) is 0 Å². The molecule has 2 aromatic rings. The molecule has 0 spiro atoms. The first kappa shape index (κ1) is 16.0. The fraction of sp³-hybridized carbons (Fsp3) is 0.235. The van der Waals surface area contributed by atoms with Crippen LogP contribution in [0.4, 0.5) is 0 Å². The molecule has 0 bridgehead atoms. The molecule has 2 nitrogen and oxygen atoms in total. The zero-order chi connectivity index (χ0) is 15.3. The molecule has 2 N–H and O–H groups in total. The number of nitrogens with two attached hydrogens (primary N) is 1. The smallest absolute Gasteiger partial charge is 0.223 e. The lowest BCUT2D eigenvalue weighted by atomic mass is 9.91. The van der Waals surface area contributed by atoms with Gasteiger partial charge in [-0.2, -0.15) is 25.3 Å². The van der Waals surface area contributed by atoms with Crippen molar-refractivity contribution in [1.29, 1.82) is 0 Å². The maximum atomic E-state index is 11.9. The Morgan fingerprint density at radius 3 is 1.90 bits per heavy atom. The molecule has 1 unspecified atom stereocenters. The second-order valence-corrected chi connectivity index (χ2v) is 7.13. The summed E-state index contributed by atoms with van der Waals surface area (Å²) in [6.45, 7) is 0. The highest BCUT2D eigenvalue weighted by molar-refractivity contribution is 8.00. The van der Waals surface area contributed by atoms with Crippen LogP contribution in [0.25, 0.3) is 0 Å². The fourth-order valence-electron chi connectivity index (χ4n) is 2.36. The summed E-state index contributed by atoms with van der Waals surface area (Å²) in [4.78, 5) is 11.9. The van der Waals surface area contributed by atoms with Crippen molar-refractivity contribution >= 4 is 31.2 Å². The average molecular weight is 317 g/mol. The van der Waals surface area contributed by atoms with Crippen LogP contribution in [-0.2, 0) is 17.6 Å². The van der Waals surface area contributed by atoms with Crippen LogP contribution in [0.5, 0.6) is 0 Å². The van der Waals surface area contributed by atoms with Gasteiger partial charge in [-0.3, -0.25) is 4.79 Å². The van der Waals surface area contributed by atoms with Gasteiger partial charge in [0.1, 0.15) is 0 Å². The number of rotatable bonds is 6. The van der Waals surface area contributed by atoms with E-state index in [1.165, 1.54) is 0 Å². The van der Waals surface area contributed by atoms with E-state index < -0.39 is 10.00 Å². The van der Waals surface area contributed by atoms with Crippen LogP contribution < -0.4 is 5.73 Å². The molecule has 0 aliphatic rings. The summed E-state index contributed by atoms with van der Waals surface area (Å²) in [5, 5.41) is 0. The highest BCUT2D eigenvalue weighted by Crippen LogP contribution is 2.35. The van der Waals surface area contributed by atoms with Gasteiger partial charge in [-0.15, -0.1) is 0 Å². The predicted octanol–water partition coefficient (Wildman–Crippen LogP) is 3.13. The van der Waals surface area contributed by atoms with Crippen LogP contribution >= 0.6 is 25.3 Å². The van der Waals surface area contributed by atoms with Gasteiger partial charge in [0.25, 0.3) is 0 Å². The van der Waals surface area contributed by atoms with E-state index in [2.05, 4.69) is 25.3 Å². The highest BCUT2D eigenvalue weighted by Gasteiger charge is 2.36. The molecule has 4 heteroatoms. The Morgan fingerprint density at radius 1 is 0.952 bits per heavy atom. The zero-order valence-corrected chi connectivity index (χ0v) is 13.4. The lowest BCUT2D eigenvalue weighted by Gasteiger charge is -2.30. The van der Waals surface area contributed by atoms with Gasteiger partial charge in [0.15, 0.2) is 0 Å². The van der Waals surface area contributed by atoms with Crippen molar-refractivity contribution in [3.05, 3.63) is 71.8 Å². The molecule has 0 radical (unpaired) electrons. The molecule has 110 valence electrons. The molecule has 0 saturated heterocycles. The fourth-order valence-corrected chi connectivity index (χ4v) is 3.16. The van der Waals surface area contributed by atoms with E-state index >= 15 is 0 Å². The molecule has 2 rings (SSSR count). The molecule has 0 saturated carbocycles. The Labute approximate surface area is 136 Å². The molecule has 0 aliphatic heterocycles. The summed E-state index contributed by atoms with van der Waals surface area (Å²) in [5.41, 5.74) is 7.73. The summed E-state index contributed by atoms with van der Waals surface area (Å²) < 4.78 is -0.789. The molecule has 1 atom stereocenters. The minimum atomic E-state index is -0.789. The Hall–Kier alpha value is -1.39. The first-order chi connectivity index (χ1) is 9.99. The van der Waals surface area contributed by atoms with Crippen molar-refractivity contribution in [1.82, 2.24) is 0 Å². The number of primary amides is 1. The van der Waals surface area contributed by atoms with Crippen LogP contribution in [0.3, 0.4) is 0 Å². The van der Waals surface area contributed by atoms with Gasteiger partial charge in [0.05, 0.1) is 10.00 Å². The lowest BCUT2D eigenvalue weighted by Crippen LogP contribution is -2.40. The first-order valence-electron chi connectivity index (χ1n) is 6.81. The van der Waals surface area contributed by atoms with E-state index in [1.807, 2.05) is 60.7 Å². The second-order valence-electron chi connectivity index (χ2n) is 5.19. The number of thiol groups is 2. The average Bonchev–Trinajstić information content (AvgIpc) is 2.46. The van der Waals surface area contributed by atoms with Crippen molar-refractivity contribution in [3.8, 4) is 0 Å². The van der Waals surface area contributed by atoms with E-state index in [4.69, 9.17) is 5.73 Å². The molecule has 0 heterocycles. The van der Waals surface area contributed by atoms with Crippen LogP contribution in [-0.4, -0.2) is 9.99 Å². The van der Waals surface area contributed by atoms with Crippen molar-refractivity contribution in [2.24, 2.45) is 11.7 Å². The van der Waals surface area contributed by atoms with Crippen LogP contribution in [0.1, 0.15) is 11.1 Å². The van der Waals surface area contributed by atoms with Crippen LogP contribution in [0.2, 0.25) is 0 Å². The molecule has 1 amide bonds.